The summed E-state index contributed by atoms with van der Waals surface area (Å²) < 4.78 is 4.75. The Morgan fingerprint density at radius 3 is 1.49 bits per heavy atom. The van der Waals surface area contributed by atoms with E-state index in [-0.39, 0.29) is 0 Å². The van der Waals surface area contributed by atoms with Crippen LogP contribution in [0.25, 0.3) is 66.6 Å². The van der Waals surface area contributed by atoms with E-state index in [0.29, 0.717) is 11.9 Å². The lowest BCUT2D eigenvalue weighted by atomic mass is 9.81. The molecule has 1 saturated heterocycles. The zero-order valence-electron chi connectivity index (χ0n) is 37.6. The second kappa shape index (κ2) is 16.2. The van der Waals surface area contributed by atoms with Gasteiger partial charge in [0.1, 0.15) is 11.6 Å². The van der Waals surface area contributed by atoms with Crippen LogP contribution in [0.1, 0.15) is 32.6 Å². The van der Waals surface area contributed by atoms with E-state index >= 15 is 0 Å². The van der Waals surface area contributed by atoms with Crippen LogP contribution in [0.4, 0.5) is 5.69 Å². The average Bonchev–Trinajstić information content (AvgIpc) is 4.03. The van der Waals surface area contributed by atoms with Crippen molar-refractivity contribution in [1.82, 2.24) is 19.1 Å². The number of hydrogen-bond donors (Lipinski definition) is 0. The van der Waals surface area contributed by atoms with Crippen LogP contribution in [0.15, 0.2) is 232 Å². The molecule has 0 radical (unpaired) electrons. The van der Waals surface area contributed by atoms with Gasteiger partial charge < -0.3 is 4.90 Å². The topological polar surface area (TPSA) is 38.9 Å². The van der Waals surface area contributed by atoms with Gasteiger partial charge in [-0.1, -0.05) is 141 Å². The molecular weight excluding hydrogens is 835 g/mol. The monoisotopic (exact) mass is 885 g/mol. The van der Waals surface area contributed by atoms with Crippen molar-refractivity contribution in [3.8, 4) is 23.0 Å². The average molecular weight is 886 g/mol. The number of benzene rings is 8. The zero-order chi connectivity index (χ0) is 44.5. The van der Waals surface area contributed by atoms with Crippen LogP contribution in [0, 0.1) is 11.8 Å². The Morgan fingerprint density at radius 1 is 0.448 bits per heavy atom. The van der Waals surface area contributed by atoms with Crippen molar-refractivity contribution < 1.29 is 0 Å². The summed E-state index contributed by atoms with van der Waals surface area (Å²) in [5, 5.41) is 4.85. The number of nitrogens with zero attached hydrogens (tertiary/aromatic N) is 5. The summed E-state index contributed by atoms with van der Waals surface area (Å²) in [6, 6.07) is 78.5. The van der Waals surface area contributed by atoms with Gasteiger partial charge in [0.05, 0.1) is 22.1 Å². The first kappa shape index (κ1) is 39.9. The molecule has 1 saturated carbocycles. The van der Waals surface area contributed by atoms with Crippen molar-refractivity contribution in [2.24, 2.45) is 11.8 Å². The fourth-order valence-electron chi connectivity index (χ4n) is 11.9. The second-order valence-corrected chi connectivity index (χ2v) is 21.7. The minimum Gasteiger partial charge on any atom is -0.368 e. The van der Waals surface area contributed by atoms with Crippen LogP contribution in [0.2, 0.25) is 0 Å². The van der Waals surface area contributed by atoms with E-state index in [0.717, 1.165) is 52.1 Å². The van der Waals surface area contributed by atoms with Gasteiger partial charge in [-0.15, -0.1) is 10.0 Å². The van der Waals surface area contributed by atoms with E-state index in [4.69, 9.17) is 9.97 Å². The minimum atomic E-state index is -1.96. The molecule has 67 heavy (non-hydrogen) atoms. The first-order valence-corrected chi connectivity index (χ1v) is 25.6. The fraction of sp³-hybridized carbons (Fsp3) is 0.148. The summed E-state index contributed by atoms with van der Waals surface area (Å²) >= 11 is 0. The molecule has 2 bridgehead atoms. The van der Waals surface area contributed by atoms with E-state index < -0.39 is 10.0 Å². The summed E-state index contributed by atoms with van der Waals surface area (Å²) in [6.07, 6.45) is 5.21. The first-order chi connectivity index (χ1) is 33.2. The molecule has 1 aliphatic heterocycles. The molecule has 5 nitrogen and oxygen atoms in total. The van der Waals surface area contributed by atoms with E-state index in [1.54, 1.807) is 0 Å². The third-order valence-corrected chi connectivity index (χ3v) is 18.7. The number of para-hydroxylation sites is 3. The Morgan fingerprint density at radius 2 is 0.940 bits per heavy atom. The maximum absolute atomic E-state index is 5.69. The highest BCUT2D eigenvalue weighted by Gasteiger charge is 2.39. The largest absolute Gasteiger partial charge is 0.368 e. The molecule has 0 amide bonds. The third kappa shape index (κ3) is 6.45. The van der Waals surface area contributed by atoms with Crippen LogP contribution >= 0.6 is 10.0 Å². The molecule has 3 atom stereocenters. The van der Waals surface area contributed by atoms with Gasteiger partial charge in [0.2, 0.25) is 0 Å². The standard InChI is InChI=1S/C61H51N5S/c1-2-42-35-43-37-46(36-42)64(41-43)45-33-34-54-53-29-14-17-32-57(53)66(58(54)39-45)60-40-59(65-55-30-15-12-27-51(55)52-28-13-16-31-56(52)65)62-61(63-60)44-19-18-26-50(38-44)67(47-20-6-3-7-21-47,48-22-8-4-9-23-48)49-24-10-5-11-25-49/h3-34,38-40,42-43,46H,2,35-37,41H2,1H3. The van der Waals surface area contributed by atoms with Crippen molar-refractivity contribution in [3.63, 3.8) is 0 Å². The highest BCUT2D eigenvalue weighted by Crippen LogP contribution is 2.73. The van der Waals surface area contributed by atoms with Crippen LogP contribution in [-0.2, 0) is 0 Å². The highest BCUT2D eigenvalue weighted by atomic mass is 32.3. The zero-order valence-corrected chi connectivity index (χ0v) is 38.4. The quantitative estimate of drug-likeness (QED) is 0.145. The van der Waals surface area contributed by atoms with Crippen molar-refractivity contribution in [1.29, 1.82) is 0 Å². The first-order valence-electron chi connectivity index (χ1n) is 23.9. The number of hydrogen-bond acceptors (Lipinski definition) is 3. The normalized spacial score (nSPS) is 17.5. The van der Waals surface area contributed by atoms with Gasteiger partial charge in [-0.25, -0.2) is 9.97 Å². The summed E-state index contributed by atoms with van der Waals surface area (Å²) in [6.45, 7) is 3.51. The second-order valence-electron chi connectivity index (χ2n) is 18.6. The molecule has 4 heterocycles. The molecule has 6 heteroatoms. The molecule has 11 aromatic rings. The van der Waals surface area contributed by atoms with E-state index in [1.165, 1.54) is 78.0 Å². The Bertz CT molecular complexity index is 3470. The van der Waals surface area contributed by atoms with Crippen molar-refractivity contribution >= 4 is 59.3 Å². The molecule has 2 aliphatic rings. The van der Waals surface area contributed by atoms with Gasteiger partial charge in [0.25, 0.3) is 0 Å². The van der Waals surface area contributed by atoms with Crippen molar-refractivity contribution in [2.75, 3.05) is 11.4 Å². The smallest absolute Gasteiger partial charge is 0.163 e. The predicted octanol–water partition coefficient (Wildman–Crippen LogP) is 15.7. The number of aromatic nitrogens is 4. The summed E-state index contributed by atoms with van der Waals surface area (Å²) in [7, 11) is -1.96. The predicted molar refractivity (Wildman–Crippen MR) is 278 cm³/mol. The molecular formula is C61H51N5S. The lowest BCUT2D eigenvalue weighted by molar-refractivity contribution is 0.295. The molecule has 3 aromatic heterocycles. The summed E-state index contributed by atoms with van der Waals surface area (Å²) in [5.41, 5.74) is 6.81. The van der Waals surface area contributed by atoms with Gasteiger partial charge >= 0.3 is 0 Å². The van der Waals surface area contributed by atoms with Gasteiger partial charge in [-0.05, 0) is 110 Å². The van der Waals surface area contributed by atoms with Gasteiger partial charge in [0, 0.05) is 71.0 Å². The van der Waals surface area contributed by atoms with Gasteiger partial charge in [0.15, 0.2) is 5.82 Å². The molecule has 326 valence electrons. The molecule has 2 fully saturated rings. The number of rotatable bonds is 9. The van der Waals surface area contributed by atoms with Crippen LogP contribution in [-0.4, -0.2) is 31.7 Å². The van der Waals surface area contributed by atoms with Crippen LogP contribution in [0.5, 0.6) is 0 Å². The number of fused-ring (bicyclic) bond motifs is 8. The van der Waals surface area contributed by atoms with Crippen LogP contribution < -0.4 is 4.90 Å². The fourth-order valence-corrected chi connectivity index (χ4v) is 15.8. The van der Waals surface area contributed by atoms with E-state index in [9.17, 15) is 0 Å². The minimum absolute atomic E-state index is 0.593. The van der Waals surface area contributed by atoms with Crippen molar-refractivity contribution in [3.05, 3.63) is 212 Å². The molecule has 1 aliphatic carbocycles. The van der Waals surface area contributed by atoms with E-state index in [2.05, 4.69) is 233 Å². The lowest BCUT2D eigenvalue weighted by Gasteiger charge is -2.42. The Balaban J connectivity index is 1.08. The molecule has 3 unspecified atom stereocenters. The molecule has 13 rings (SSSR count). The summed E-state index contributed by atoms with van der Waals surface area (Å²) in [4.78, 5) is 19.1. The van der Waals surface area contributed by atoms with Crippen molar-refractivity contribution in [2.45, 2.75) is 58.2 Å². The van der Waals surface area contributed by atoms with Gasteiger partial charge in [-0.2, -0.15) is 0 Å². The highest BCUT2D eigenvalue weighted by molar-refractivity contribution is 8.34. The molecule has 0 N–H and O–H groups in total. The molecule has 8 aromatic carbocycles. The maximum atomic E-state index is 5.69. The Labute approximate surface area is 393 Å². The SMILES string of the molecule is CCC1CC2CC(C1)N(c1ccc3c4ccccc4n(-c4cc(-n5c6ccccc6c6ccccc65)nc(-c5cccc(S(c6ccccc6)(c6ccccc6)c6ccccc6)c5)n4)c3c1)C2. The lowest BCUT2D eigenvalue weighted by Crippen LogP contribution is -2.30. The Hall–Kier alpha value is -7.41. The van der Waals surface area contributed by atoms with E-state index in [1.807, 2.05) is 0 Å². The number of anilines is 1. The van der Waals surface area contributed by atoms with Gasteiger partial charge in [-0.3, -0.25) is 9.13 Å². The maximum Gasteiger partial charge on any atom is 0.163 e. The third-order valence-electron chi connectivity index (χ3n) is 14.8. The Kier molecular flexibility index (Phi) is 9.64. The molecule has 0 spiro atoms. The van der Waals surface area contributed by atoms with Crippen LogP contribution in [0.3, 0.4) is 0 Å². The summed E-state index contributed by atoms with van der Waals surface area (Å²) in [5.74, 6) is 3.94.